The molecule has 0 bridgehead atoms. The molecule has 1 N–H and O–H groups in total. The molecule has 0 fully saturated rings. The number of rotatable bonds is 3. The zero-order valence-corrected chi connectivity index (χ0v) is 8.25. The van der Waals surface area contributed by atoms with Gasteiger partial charge in [0.25, 0.3) is 0 Å². The van der Waals surface area contributed by atoms with Gasteiger partial charge in [0.2, 0.25) is 0 Å². The summed E-state index contributed by atoms with van der Waals surface area (Å²) < 4.78 is 13.3. The van der Waals surface area contributed by atoms with Crippen molar-refractivity contribution in [1.82, 2.24) is 0 Å². The number of aryl methyl sites for hydroxylation is 1. The molecule has 0 aliphatic carbocycles. The summed E-state index contributed by atoms with van der Waals surface area (Å²) in [5.74, 6) is -2.16. The Hall–Kier alpha value is -1.38. The molecular weight excluding hydrogens is 183 g/mol. The first-order valence-corrected chi connectivity index (χ1v) is 4.55. The fourth-order valence-corrected chi connectivity index (χ4v) is 1.46. The summed E-state index contributed by atoms with van der Waals surface area (Å²) in [6, 6.07) is 4.54. The quantitative estimate of drug-likeness (QED) is 0.807. The van der Waals surface area contributed by atoms with Gasteiger partial charge in [-0.05, 0) is 19.4 Å². The second-order valence-corrected chi connectivity index (χ2v) is 3.32. The van der Waals surface area contributed by atoms with Crippen molar-refractivity contribution < 1.29 is 14.3 Å². The van der Waals surface area contributed by atoms with E-state index in [0.29, 0.717) is 6.42 Å². The van der Waals surface area contributed by atoms with Crippen LogP contribution in [0.5, 0.6) is 0 Å². The van der Waals surface area contributed by atoms with Crippen LogP contribution in [0, 0.1) is 12.7 Å². The Kier molecular flexibility index (Phi) is 3.23. The number of carboxylic acid groups (broad SMARTS) is 1. The first-order valence-electron chi connectivity index (χ1n) is 4.55. The Morgan fingerprint density at radius 3 is 2.71 bits per heavy atom. The van der Waals surface area contributed by atoms with Gasteiger partial charge < -0.3 is 5.11 Å². The molecule has 76 valence electrons. The van der Waals surface area contributed by atoms with Gasteiger partial charge in [-0.2, -0.15) is 0 Å². The van der Waals surface area contributed by atoms with E-state index in [1.54, 1.807) is 19.1 Å². The van der Waals surface area contributed by atoms with Gasteiger partial charge in [-0.1, -0.05) is 24.6 Å². The highest BCUT2D eigenvalue weighted by Gasteiger charge is 2.20. The molecule has 0 saturated carbocycles. The molecule has 0 saturated heterocycles. The molecule has 1 aromatic rings. The van der Waals surface area contributed by atoms with Crippen molar-refractivity contribution in [3.63, 3.8) is 0 Å². The summed E-state index contributed by atoms with van der Waals surface area (Å²) >= 11 is 0. The third-order valence-corrected chi connectivity index (χ3v) is 2.23. The molecule has 0 aliphatic heterocycles. The lowest BCUT2D eigenvalue weighted by molar-refractivity contribution is -0.138. The van der Waals surface area contributed by atoms with Crippen LogP contribution in [0.4, 0.5) is 4.39 Å². The number of hydrogen-bond acceptors (Lipinski definition) is 1. The van der Waals surface area contributed by atoms with Crippen LogP contribution in [0.2, 0.25) is 0 Å². The van der Waals surface area contributed by atoms with Crippen LogP contribution in [-0.2, 0) is 4.79 Å². The van der Waals surface area contributed by atoms with Crippen molar-refractivity contribution in [2.75, 3.05) is 0 Å². The molecule has 1 unspecified atom stereocenters. The first kappa shape index (κ1) is 10.7. The van der Waals surface area contributed by atoms with Crippen molar-refractivity contribution in [3.05, 3.63) is 35.1 Å². The standard InChI is InChI=1S/C11H13FO2/c1-3-8(11(13)14)9-6-7(2)4-5-10(9)12/h4-6,8H,3H2,1-2H3,(H,13,14). The molecule has 0 heterocycles. The third kappa shape index (κ3) is 2.10. The highest BCUT2D eigenvalue weighted by Crippen LogP contribution is 2.23. The van der Waals surface area contributed by atoms with Crippen molar-refractivity contribution >= 4 is 5.97 Å². The molecule has 1 atom stereocenters. The van der Waals surface area contributed by atoms with E-state index in [2.05, 4.69) is 0 Å². The predicted molar refractivity (Wildman–Crippen MR) is 51.8 cm³/mol. The van der Waals surface area contributed by atoms with Gasteiger partial charge in [0, 0.05) is 5.56 Å². The average Bonchev–Trinajstić information content (AvgIpc) is 2.11. The molecule has 0 aromatic heterocycles. The molecule has 0 amide bonds. The first-order chi connectivity index (χ1) is 6.56. The lowest BCUT2D eigenvalue weighted by atomic mass is 9.95. The molecule has 14 heavy (non-hydrogen) atoms. The van der Waals surface area contributed by atoms with Crippen LogP contribution in [0.25, 0.3) is 0 Å². The Labute approximate surface area is 82.4 Å². The number of hydrogen-bond donors (Lipinski definition) is 1. The van der Waals surface area contributed by atoms with E-state index in [9.17, 15) is 9.18 Å². The Bertz CT molecular complexity index is 347. The van der Waals surface area contributed by atoms with E-state index in [1.807, 2.05) is 6.92 Å². The van der Waals surface area contributed by atoms with E-state index >= 15 is 0 Å². The van der Waals surface area contributed by atoms with Crippen molar-refractivity contribution in [2.24, 2.45) is 0 Å². The van der Waals surface area contributed by atoms with E-state index in [4.69, 9.17) is 5.11 Å². The molecular formula is C11H13FO2. The maximum Gasteiger partial charge on any atom is 0.311 e. The van der Waals surface area contributed by atoms with E-state index in [0.717, 1.165) is 5.56 Å². The monoisotopic (exact) mass is 196 g/mol. The Morgan fingerprint density at radius 1 is 1.57 bits per heavy atom. The van der Waals surface area contributed by atoms with Crippen LogP contribution >= 0.6 is 0 Å². The second kappa shape index (κ2) is 4.22. The fourth-order valence-electron chi connectivity index (χ4n) is 1.46. The summed E-state index contributed by atoms with van der Waals surface area (Å²) in [5.41, 5.74) is 1.15. The summed E-state index contributed by atoms with van der Waals surface area (Å²) in [6.07, 6.45) is 0.399. The molecule has 1 rings (SSSR count). The van der Waals surface area contributed by atoms with Gasteiger partial charge >= 0.3 is 5.97 Å². The number of benzene rings is 1. The minimum Gasteiger partial charge on any atom is -0.481 e. The lowest BCUT2D eigenvalue weighted by Gasteiger charge is -2.11. The average molecular weight is 196 g/mol. The van der Waals surface area contributed by atoms with Crippen LogP contribution in [0.15, 0.2) is 18.2 Å². The van der Waals surface area contributed by atoms with E-state index in [-0.39, 0.29) is 5.56 Å². The number of carbonyl (C=O) groups is 1. The fraction of sp³-hybridized carbons (Fsp3) is 0.364. The van der Waals surface area contributed by atoms with Gasteiger partial charge in [-0.25, -0.2) is 4.39 Å². The van der Waals surface area contributed by atoms with Crippen molar-refractivity contribution in [2.45, 2.75) is 26.2 Å². The molecule has 0 spiro atoms. The van der Waals surface area contributed by atoms with Crippen LogP contribution in [0.3, 0.4) is 0 Å². The minimum atomic E-state index is -0.975. The molecule has 2 nitrogen and oxygen atoms in total. The lowest BCUT2D eigenvalue weighted by Crippen LogP contribution is -2.12. The molecule has 3 heteroatoms. The summed E-state index contributed by atoms with van der Waals surface area (Å²) in [5, 5.41) is 8.88. The maximum absolute atomic E-state index is 13.3. The molecule has 0 radical (unpaired) electrons. The van der Waals surface area contributed by atoms with Gasteiger partial charge in [0.1, 0.15) is 5.82 Å². The normalized spacial score (nSPS) is 12.5. The number of carboxylic acids is 1. The smallest absolute Gasteiger partial charge is 0.311 e. The SMILES string of the molecule is CCC(C(=O)O)c1cc(C)ccc1F. The summed E-state index contributed by atoms with van der Waals surface area (Å²) in [6.45, 7) is 3.55. The highest BCUT2D eigenvalue weighted by molar-refractivity contribution is 5.76. The Balaban J connectivity index is 3.15. The van der Waals surface area contributed by atoms with Crippen molar-refractivity contribution in [1.29, 1.82) is 0 Å². The van der Waals surface area contributed by atoms with Crippen LogP contribution < -0.4 is 0 Å². The zero-order valence-electron chi connectivity index (χ0n) is 8.25. The number of aliphatic carboxylic acids is 1. The maximum atomic E-state index is 13.3. The van der Waals surface area contributed by atoms with E-state index in [1.165, 1.54) is 6.07 Å². The van der Waals surface area contributed by atoms with Gasteiger partial charge in [-0.15, -0.1) is 0 Å². The zero-order chi connectivity index (χ0) is 10.7. The molecule has 1 aromatic carbocycles. The third-order valence-electron chi connectivity index (χ3n) is 2.23. The van der Waals surface area contributed by atoms with Crippen LogP contribution in [0.1, 0.15) is 30.4 Å². The van der Waals surface area contributed by atoms with Gasteiger partial charge in [0.15, 0.2) is 0 Å². The summed E-state index contributed by atoms with van der Waals surface area (Å²) in [7, 11) is 0. The minimum absolute atomic E-state index is 0.278. The molecule has 0 aliphatic rings. The van der Waals surface area contributed by atoms with Gasteiger partial charge in [0.05, 0.1) is 5.92 Å². The Morgan fingerprint density at radius 2 is 2.21 bits per heavy atom. The highest BCUT2D eigenvalue weighted by atomic mass is 19.1. The van der Waals surface area contributed by atoms with E-state index < -0.39 is 17.7 Å². The van der Waals surface area contributed by atoms with Gasteiger partial charge in [-0.3, -0.25) is 4.79 Å². The van der Waals surface area contributed by atoms with Crippen molar-refractivity contribution in [3.8, 4) is 0 Å². The number of halogens is 1. The topological polar surface area (TPSA) is 37.3 Å². The predicted octanol–water partition coefficient (Wildman–Crippen LogP) is 2.71. The largest absolute Gasteiger partial charge is 0.481 e. The van der Waals surface area contributed by atoms with Crippen LogP contribution in [-0.4, -0.2) is 11.1 Å². The summed E-state index contributed by atoms with van der Waals surface area (Å²) in [4.78, 5) is 10.8. The second-order valence-electron chi connectivity index (χ2n) is 3.32.